The van der Waals surface area contributed by atoms with Crippen LogP contribution in [0.25, 0.3) is 0 Å². The maximum absolute atomic E-state index is 11.7. The van der Waals surface area contributed by atoms with E-state index in [1.807, 2.05) is 4.90 Å². The minimum atomic E-state index is -0.0836. The fourth-order valence-corrected chi connectivity index (χ4v) is 1.72. The molecular formula is C11H14N2O3. The summed E-state index contributed by atoms with van der Waals surface area (Å²) in [6, 6.07) is 3.32. The molecule has 1 aliphatic rings. The van der Waals surface area contributed by atoms with Crippen LogP contribution < -0.4 is 5.32 Å². The van der Waals surface area contributed by atoms with Gasteiger partial charge in [0.05, 0.1) is 19.4 Å². The first kappa shape index (κ1) is 10.9. The highest BCUT2D eigenvalue weighted by atomic mass is 16.3. The minimum absolute atomic E-state index is 0.0234. The molecule has 16 heavy (non-hydrogen) atoms. The predicted octanol–water partition coefficient (Wildman–Crippen LogP) is 0.284. The Morgan fingerprint density at radius 2 is 2.44 bits per heavy atom. The van der Waals surface area contributed by atoms with Crippen LogP contribution in [-0.2, 0) is 4.79 Å². The molecule has 0 spiro atoms. The quantitative estimate of drug-likeness (QED) is 0.746. The van der Waals surface area contributed by atoms with Gasteiger partial charge < -0.3 is 9.73 Å². The lowest BCUT2D eigenvalue weighted by molar-refractivity contribution is -0.121. The number of carbonyl (C=O) groups excluding carboxylic acids is 2. The number of rotatable bonds is 3. The molecule has 0 bridgehead atoms. The van der Waals surface area contributed by atoms with E-state index in [9.17, 15) is 9.59 Å². The molecule has 0 aromatic carbocycles. The van der Waals surface area contributed by atoms with Gasteiger partial charge in [-0.15, -0.1) is 0 Å². The Bertz CT molecular complexity index is 373. The van der Waals surface area contributed by atoms with Gasteiger partial charge in [0.15, 0.2) is 5.76 Å². The normalized spacial score (nSPS) is 17.9. The number of carbonyl (C=O) groups is 2. The van der Waals surface area contributed by atoms with Gasteiger partial charge in [-0.3, -0.25) is 14.5 Å². The van der Waals surface area contributed by atoms with Gasteiger partial charge >= 0.3 is 0 Å². The first-order valence-electron chi connectivity index (χ1n) is 5.31. The zero-order valence-corrected chi connectivity index (χ0v) is 8.94. The van der Waals surface area contributed by atoms with Crippen molar-refractivity contribution in [1.82, 2.24) is 10.2 Å². The summed E-state index contributed by atoms with van der Waals surface area (Å²) >= 11 is 0. The van der Waals surface area contributed by atoms with Crippen LogP contribution in [0.15, 0.2) is 22.8 Å². The van der Waals surface area contributed by atoms with E-state index in [1.54, 1.807) is 12.1 Å². The summed E-state index contributed by atoms with van der Waals surface area (Å²) in [4.78, 5) is 24.8. The maximum atomic E-state index is 11.7. The molecule has 2 heterocycles. The topological polar surface area (TPSA) is 62.6 Å². The first-order valence-corrected chi connectivity index (χ1v) is 5.31. The Morgan fingerprint density at radius 1 is 1.56 bits per heavy atom. The predicted molar refractivity (Wildman–Crippen MR) is 57.1 cm³/mol. The lowest BCUT2D eigenvalue weighted by atomic mass is 10.2. The molecule has 86 valence electrons. The molecule has 2 rings (SSSR count). The summed E-state index contributed by atoms with van der Waals surface area (Å²) in [6.45, 7) is 1.96. The van der Waals surface area contributed by atoms with Crippen LogP contribution in [-0.4, -0.2) is 42.8 Å². The van der Waals surface area contributed by atoms with Crippen molar-refractivity contribution < 1.29 is 14.0 Å². The molecule has 1 fully saturated rings. The van der Waals surface area contributed by atoms with Crippen molar-refractivity contribution in [2.75, 3.05) is 26.2 Å². The largest absolute Gasteiger partial charge is 0.461 e. The van der Waals surface area contributed by atoms with Crippen molar-refractivity contribution in [3.05, 3.63) is 24.2 Å². The molecule has 1 aliphatic heterocycles. The number of nitrogens with zero attached hydrogens (tertiary/aromatic N) is 1. The van der Waals surface area contributed by atoms with Crippen molar-refractivity contribution in [3.8, 4) is 0 Å². The van der Waals surface area contributed by atoms with Gasteiger partial charge in [-0.1, -0.05) is 0 Å². The van der Waals surface area contributed by atoms with Gasteiger partial charge in [-0.2, -0.15) is 0 Å². The molecule has 5 nitrogen and oxygen atoms in total. The number of hydrogen-bond donors (Lipinski definition) is 1. The van der Waals surface area contributed by atoms with Crippen LogP contribution in [0.2, 0.25) is 0 Å². The second-order valence-electron chi connectivity index (χ2n) is 3.81. The third-order valence-corrected chi connectivity index (χ3v) is 2.50. The van der Waals surface area contributed by atoms with E-state index < -0.39 is 0 Å². The lowest BCUT2D eigenvalue weighted by Gasteiger charge is -2.16. The summed E-state index contributed by atoms with van der Waals surface area (Å²) in [5, 5.41) is 2.77. The van der Waals surface area contributed by atoms with E-state index in [0.29, 0.717) is 12.3 Å². The van der Waals surface area contributed by atoms with Crippen LogP contribution in [0, 0.1) is 0 Å². The molecule has 1 amide bonds. The van der Waals surface area contributed by atoms with Gasteiger partial charge in [-0.25, -0.2) is 0 Å². The third kappa shape index (κ3) is 2.70. The molecule has 0 unspecified atom stereocenters. The van der Waals surface area contributed by atoms with E-state index >= 15 is 0 Å². The van der Waals surface area contributed by atoms with Crippen molar-refractivity contribution in [3.63, 3.8) is 0 Å². The zero-order chi connectivity index (χ0) is 11.4. The van der Waals surface area contributed by atoms with Gasteiger partial charge in [0.2, 0.25) is 11.7 Å². The molecule has 5 heteroatoms. The van der Waals surface area contributed by atoms with E-state index in [2.05, 4.69) is 5.32 Å². The molecule has 0 radical (unpaired) electrons. The maximum Gasteiger partial charge on any atom is 0.234 e. The molecule has 1 N–H and O–H groups in total. The monoisotopic (exact) mass is 222 g/mol. The van der Waals surface area contributed by atoms with Gasteiger partial charge in [0, 0.05) is 13.1 Å². The number of Topliss-reactive ketones (excluding diaryl/α,β-unsaturated/α-hetero) is 1. The first-order chi connectivity index (χ1) is 7.75. The average Bonchev–Trinajstić information content (AvgIpc) is 2.70. The van der Waals surface area contributed by atoms with Crippen molar-refractivity contribution in [1.29, 1.82) is 0 Å². The van der Waals surface area contributed by atoms with Gasteiger partial charge in [0.25, 0.3) is 0 Å². The number of furan rings is 1. The highest BCUT2D eigenvalue weighted by Gasteiger charge is 2.18. The third-order valence-electron chi connectivity index (χ3n) is 2.50. The molecule has 0 aliphatic carbocycles. The van der Waals surface area contributed by atoms with E-state index in [1.165, 1.54) is 6.26 Å². The average molecular weight is 222 g/mol. The van der Waals surface area contributed by atoms with E-state index in [4.69, 9.17) is 4.42 Å². The Morgan fingerprint density at radius 3 is 3.19 bits per heavy atom. The van der Waals surface area contributed by atoms with Crippen molar-refractivity contribution in [2.45, 2.75) is 6.42 Å². The van der Waals surface area contributed by atoms with Crippen LogP contribution in [0.5, 0.6) is 0 Å². The lowest BCUT2D eigenvalue weighted by Crippen LogP contribution is -2.36. The highest BCUT2D eigenvalue weighted by Crippen LogP contribution is 2.04. The fourth-order valence-electron chi connectivity index (χ4n) is 1.72. The second kappa shape index (κ2) is 4.94. The van der Waals surface area contributed by atoms with E-state index in [0.717, 1.165) is 13.0 Å². The molecule has 1 aromatic heterocycles. The second-order valence-corrected chi connectivity index (χ2v) is 3.81. The molecule has 1 saturated heterocycles. The van der Waals surface area contributed by atoms with Crippen LogP contribution >= 0.6 is 0 Å². The SMILES string of the molecule is O=C1CN(CC(=O)c2ccco2)CCCN1. The van der Waals surface area contributed by atoms with Crippen LogP contribution in [0.1, 0.15) is 17.0 Å². The number of ketones is 1. The standard InChI is InChI=1S/C11H14N2O3/c14-9(10-3-1-6-16-10)7-13-5-2-4-12-11(15)8-13/h1,3,6H,2,4-5,7-8H2,(H,12,15). The molecule has 0 atom stereocenters. The molecule has 0 saturated carbocycles. The number of nitrogens with one attached hydrogen (secondary N) is 1. The summed E-state index contributed by atoms with van der Waals surface area (Å²) in [5.74, 6) is 0.245. The van der Waals surface area contributed by atoms with Crippen molar-refractivity contribution >= 4 is 11.7 Å². The van der Waals surface area contributed by atoms with Crippen LogP contribution in [0.4, 0.5) is 0 Å². The summed E-state index contributed by atoms with van der Waals surface area (Å²) in [5.41, 5.74) is 0. The summed E-state index contributed by atoms with van der Waals surface area (Å²) < 4.78 is 5.02. The Kier molecular flexibility index (Phi) is 3.36. The Balaban J connectivity index is 1.93. The summed E-state index contributed by atoms with van der Waals surface area (Å²) in [6.07, 6.45) is 2.35. The minimum Gasteiger partial charge on any atom is -0.461 e. The highest BCUT2D eigenvalue weighted by molar-refractivity contribution is 5.95. The Hall–Kier alpha value is -1.62. The number of hydrogen-bond acceptors (Lipinski definition) is 4. The van der Waals surface area contributed by atoms with Crippen LogP contribution in [0.3, 0.4) is 0 Å². The van der Waals surface area contributed by atoms with Gasteiger partial charge in [0.1, 0.15) is 0 Å². The number of amides is 1. The molecule has 1 aromatic rings. The van der Waals surface area contributed by atoms with Crippen molar-refractivity contribution in [2.24, 2.45) is 0 Å². The fraction of sp³-hybridized carbons (Fsp3) is 0.455. The summed E-state index contributed by atoms with van der Waals surface area (Å²) in [7, 11) is 0. The smallest absolute Gasteiger partial charge is 0.234 e. The molecular weight excluding hydrogens is 208 g/mol. The zero-order valence-electron chi connectivity index (χ0n) is 8.94. The van der Waals surface area contributed by atoms with Gasteiger partial charge in [-0.05, 0) is 18.6 Å². The van der Waals surface area contributed by atoms with E-state index in [-0.39, 0.29) is 24.8 Å². The Labute approximate surface area is 93.4 Å².